The number of hydrogen-bond donors (Lipinski definition) is 1. The van der Waals surface area contributed by atoms with E-state index in [2.05, 4.69) is 17.4 Å². The number of aromatic nitrogens is 2. The molecule has 0 bridgehead atoms. The summed E-state index contributed by atoms with van der Waals surface area (Å²) in [5, 5.41) is 6.59. The van der Waals surface area contributed by atoms with Gasteiger partial charge in [0.05, 0.1) is 17.5 Å². The second-order valence-corrected chi connectivity index (χ2v) is 11.2. The van der Waals surface area contributed by atoms with Crippen LogP contribution in [0, 0.1) is 6.92 Å². The number of benzene rings is 3. The summed E-state index contributed by atoms with van der Waals surface area (Å²) in [7, 11) is 1.44. The Morgan fingerprint density at radius 2 is 1.75 bits per heavy atom. The molecule has 1 amide bonds. The van der Waals surface area contributed by atoms with Crippen LogP contribution in [0.2, 0.25) is 0 Å². The molecule has 0 unspecified atom stereocenters. The van der Waals surface area contributed by atoms with Crippen molar-refractivity contribution in [2.75, 3.05) is 7.11 Å². The Morgan fingerprint density at radius 3 is 2.43 bits per heavy atom. The smallest absolute Gasteiger partial charge is 0.261 e. The molecule has 0 radical (unpaired) electrons. The molecule has 1 N–H and O–H groups in total. The highest BCUT2D eigenvalue weighted by molar-refractivity contribution is 6.08. The average molecular weight is 593 g/mol. The molecule has 0 atom stereocenters. The van der Waals surface area contributed by atoms with Crippen molar-refractivity contribution >= 4 is 12.2 Å². The van der Waals surface area contributed by atoms with E-state index in [0.717, 1.165) is 65.1 Å². The maximum atomic E-state index is 14.1. The number of carbonyl (C=O) groups excluding carboxylic acids is 1. The van der Waals surface area contributed by atoms with Crippen LogP contribution in [-0.2, 0) is 22.5 Å². The van der Waals surface area contributed by atoms with Crippen molar-refractivity contribution in [2.45, 2.75) is 71.3 Å². The van der Waals surface area contributed by atoms with E-state index in [1.807, 2.05) is 79.7 Å². The molecule has 1 fully saturated rings. The quantitative estimate of drug-likeness (QED) is 0.0927. The third-order valence-corrected chi connectivity index (χ3v) is 8.07. The average Bonchev–Trinajstić information content (AvgIpc) is 3.04. The van der Waals surface area contributed by atoms with Crippen molar-refractivity contribution in [1.82, 2.24) is 14.9 Å². The first-order valence-electron chi connectivity index (χ1n) is 15.4. The minimum atomic E-state index is -0.0447. The highest BCUT2D eigenvalue weighted by Gasteiger charge is 2.18. The molecule has 1 aliphatic rings. The number of amides is 1. The summed E-state index contributed by atoms with van der Waals surface area (Å²) in [4.78, 5) is 35.1. The van der Waals surface area contributed by atoms with E-state index in [1.54, 1.807) is 4.57 Å². The van der Waals surface area contributed by atoms with Crippen molar-refractivity contribution < 1.29 is 14.4 Å². The first kappa shape index (κ1) is 30.7. The van der Waals surface area contributed by atoms with Crippen LogP contribution < -0.4 is 15.6 Å². The lowest BCUT2D eigenvalue weighted by Crippen LogP contribution is -2.28. The molecule has 1 heterocycles. The maximum absolute atomic E-state index is 14.1. The monoisotopic (exact) mass is 592 g/mol. The van der Waals surface area contributed by atoms with Gasteiger partial charge in [0.2, 0.25) is 6.41 Å². The molecule has 228 valence electrons. The largest absolute Gasteiger partial charge is 0.490 e. The van der Waals surface area contributed by atoms with E-state index in [9.17, 15) is 9.59 Å². The third-order valence-electron chi connectivity index (χ3n) is 8.07. The number of carbonyl (C=O) groups is 1. The summed E-state index contributed by atoms with van der Waals surface area (Å²) in [6.45, 7) is 3.99. The molecule has 8 heteroatoms. The van der Waals surface area contributed by atoms with Gasteiger partial charge in [0.25, 0.3) is 5.56 Å². The van der Waals surface area contributed by atoms with E-state index in [4.69, 9.17) is 14.6 Å². The van der Waals surface area contributed by atoms with Gasteiger partial charge in [-0.25, -0.2) is 4.98 Å². The van der Waals surface area contributed by atoms with Gasteiger partial charge in [-0.3, -0.25) is 14.2 Å². The van der Waals surface area contributed by atoms with E-state index >= 15 is 0 Å². The fourth-order valence-electron chi connectivity index (χ4n) is 5.94. The van der Waals surface area contributed by atoms with Gasteiger partial charge in [-0.1, -0.05) is 73.5 Å². The molecule has 0 spiro atoms. The van der Waals surface area contributed by atoms with Gasteiger partial charge in [-0.15, -0.1) is 0 Å². The van der Waals surface area contributed by atoms with Crippen LogP contribution in [0.25, 0.3) is 16.8 Å². The lowest BCUT2D eigenvalue weighted by atomic mass is 9.96. The maximum Gasteiger partial charge on any atom is 0.261 e. The highest BCUT2D eigenvalue weighted by atomic mass is 16.6. The molecule has 44 heavy (non-hydrogen) atoms. The number of rotatable bonds is 11. The van der Waals surface area contributed by atoms with Crippen LogP contribution in [0.1, 0.15) is 73.7 Å². The van der Waals surface area contributed by atoms with Gasteiger partial charge in [0.1, 0.15) is 18.7 Å². The standard InChI is InChI=1S/C36H40N4O4/c1-4-10-34-33(23-26-15-17-27(18-16-26)31-13-8-9-14-32(31)35(37-24-41)39-43-3)36(42)40(25(2)38-34)28-19-21-30(22-20-28)44-29-11-6-5-7-12-29/h8-9,13-22,24,29H,4-7,10-12,23H2,1-3H3,(H,37,39,41). The number of hydrogen-bond acceptors (Lipinski definition) is 6. The van der Waals surface area contributed by atoms with E-state index < -0.39 is 0 Å². The van der Waals surface area contributed by atoms with Gasteiger partial charge in [-0.2, -0.15) is 0 Å². The summed E-state index contributed by atoms with van der Waals surface area (Å²) < 4.78 is 7.92. The molecule has 5 rings (SSSR count). The molecular formula is C36H40N4O4. The topological polar surface area (TPSA) is 94.8 Å². The van der Waals surface area contributed by atoms with Crippen molar-refractivity contribution in [3.8, 4) is 22.6 Å². The number of nitrogens with one attached hydrogen (secondary N) is 1. The van der Waals surface area contributed by atoms with Crippen LogP contribution in [0.3, 0.4) is 0 Å². The summed E-state index contributed by atoms with van der Waals surface area (Å²) in [5.41, 5.74) is 5.87. The molecule has 4 aromatic rings. The fraction of sp³-hybridized carbons (Fsp3) is 0.333. The zero-order valence-corrected chi connectivity index (χ0v) is 25.7. The highest BCUT2D eigenvalue weighted by Crippen LogP contribution is 2.27. The molecule has 3 aromatic carbocycles. The zero-order chi connectivity index (χ0) is 30.9. The number of aryl methyl sites for hydroxylation is 2. The summed E-state index contributed by atoms with van der Waals surface area (Å²) in [5.74, 6) is 1.84. The van der Waals surface area contributed by atoms with Gasteiger partial charge < -0.3 is 14.9 Å². The lowest BCUT2D eigenvalue weighted by molar-refractivity contribution is -0.108. The Kier molecular flexibility index (Phi) is 10.2. The molecule has 8 nitrogen and oxygen atoms in total. The van der Waals surface area contributed by atoms with E-state index in [-0.39, 0.29) is 11.7 Å². The predicted octanol–water partition coefficient (Wildman–Crippen LogP) is 6.52. The third kappa shape index (κ3) is 7.08. The Morgan fingerprint density at radius 1 is 1.02 bits per heavy atom. The predicted molar refractivity (Wildman–Crippen MR) is 173 cm³/mol. The van der Waals surface area contributed by atoms with Crippen LogP contribution in [0.15, 0.2) is 82.7 Å². The Labute approximate surface area is 258 Å². The van der Waals surface area contributed by atoms with E-state index in [0.29, 0.717) is 30.1 Å². The number of oxime groups is 1. The fourth-order valence-corrected chi connectivity index (χ4v) is 5.94. The number of amidine groups is 1. The molecule has 1 aromatic heterocycles. The molecule has 1 saturated carbocycles. The Balaban J connectivity index is 1.43. The summed E-state index contributed by atoms with van der Waals surface area (Å²) in [6, 6.07) is 23.6. The minimum Gasteiger partial charge on any atom is -0.490 e. The lowest BCUT2D eigenvalue weighted by Gasteiger charge is -2.23. The van der Waals surface area contributed by atoms with Crippen LogP contribution in [-0.4, -0.2) is 35.0 Å². The second kappa shape index (κ2) is 14.6. The van der Waals surface area contributed by atoms with Gasteiger partial charge in [0, 0.05) is 17.5 Å². The van der Waals surface area contributed by atoms with Gasteiger partial charge in [-0.05, 0) is 80.0 Å². The minimum absolute atomic E-state index is 0.0447. The van der Waals surface area contributed by atoms with E-state index in [1.165, 1.54) is 26.4 Å². The van der Waals surface area contributed by atoms with Gasteiger partial charge in [0.15, 0.2) is 5.84 Å². The zero-order valence-electron chi connectivity index (χ0n) is 25.7. The van der Waals surface area contributed by atoms with Crippen molar-refractivity contribution in [3.05, 3.63) is 111 Å². The molecule has 1 aliphatic carbocycles. The SMILES string of the molecule is CCCc1nc(C)n(-c2ccc(OC3CCCCC3)cc2)c(=O)c1Cc1ccc(-c2ccccc2/C(=N/OC)NC=O)cc1. The Hall–Kier alpha value is -4.72. The number of nitrogens with zero attached hydrogens (tertiary/aromatic N) is 3. The number of ether oxygens (including phenoxy) is 1. The van der Waals surface area contributed by atoms with Crippen molar-refractivity contribution in [2.24, 2.45) is 5.16 Å². The van der Waals surface area contributed by atoms with Crippen molar-refractivity contribution in [1.29, 1.82) is 0 Å². The van der Waals surface area contributed by atoms with Crippen molar-refractivity contribution in [3.63, 3.8) is 0 Å². The Bertz CT molecular complexity index is 1650. The first-order valence-corrected chi connectivity index (χ1v) is 15.4. The first-order chi connectivity index (χ1) is 21.5. The van der Waals surface area contributed by atoms with Crippen LogP contribution >= 0.6 is 0 Å². The molecule has 0 aliphatic heterocycles. The van der Waals surface area contributed by atoms with Crippen LogP contribution in [0.4, 0.5) is 0 Å². The summed E-state index contributed by atoms with van der Waals surface area (Å²) >= 11 is 0. The normalized spacial score (nSPS) is 13.8. The van der Waals surface area contributed by atoms with Crippen LogP contribution in [0.5, 0.6) is 5.75 Å². The molecule has 0 saturated heterocycles. The summed E-state index contributed by atoms with van der Waals surface area (Å²) in [6.07, 6.45) is 8.86. The second-order valence-electron chi connectivity index (χ2n) is 11.2. The van der Waals surface area contributed by atoms with Gasteiger partial charge >= 0.3 is 0 Å². The molecular weight excluding hydrogens is 552 g/mol.